The number of hydrogen-bond donors (Lipinski definition) is 4. The summed E-state index contributed by atoms with van der Waals surface area (Å²) in [7, 11) is -0.405. The number of likely N-dealkylation sites (N-methyl/N-ethyl adjacent to an activating group) is 1. The molecule has 4 N–H and O–H groups in total. The number of aliphatic hydroxyl groups is 2. The molecular formula is C25H52N2O7S. The zero-order valence-electron chi connectivity index (χ0n) is 22.7. The SMILES string of the molecule is CCCCCCCCCCCCNCC(C(C(=O)[O-])[N+](C)(C)C)(C(C)(CCO)CCO)S(=O)(=O)O. The molecule has 0 amide bonds. The molecule has 2 atom stereocenters. The van der Waals surface area contributed by atoms with Crippen LogP contribution in [0.1, 0.15) is 90.9 Å². The van der Waals surface area contributed by atoms with Crippen LogP contribution < -0.4 is 10.4 Å². The lowest BCUT2D eigenvalue weighted by molar-refractivity contribution is -0.892. The fourth-order valence-electron chi connectivity index (χ4n) is 5.37. The van der Waals surface area contributed by atoms with Crippen molar-refractivity contribution in [3.63, 3.8) is 0 Å². The van der Waals surface area contributed by atoms with Gasteiger partial charge in [0.05, 0.1) is 21.1 Å². The first-order valence-electron chi connectivity index (χ1n) is 13.2. The number of carbonyl (C=O) groups excluding carboxylic acids is 1. The first-order chi connectivity index (χ1) is 16.2. The molecule has 0 aliphatic carbocycles. The number of aliphatic carboxylic acids is 1. The second-order valence-electron chi connectivity index (χ2n) is 11.1. The van der Waals surface area contributed by atoms with E-state index in [9.17, 15) is 33.1 Å². The normalized spacial score (nSPS) is 15.7. The first kappa shape index (κ1) is 34.2. The number of hydrogen-bond acceptors (Lipinski definition) is 7. The van der Waals surface area contributed by atoms with Crippen molar-refractivity contribution >= 4 is 16.1 Å². The minimum atomic E-state index is -4.99. The van der Waals surface area contributed by atoms with Gasteiger partial charge in [0.1, 0.15) is 5.97 Å². The summed E-state index contributed by atoms with van der Waals surface area (Å²) in [4.78, 5) is 12.4. The van der Waals surface area contributed by atoms with Crippen LogP contribution in [0.5, 0.6) is 0 Å². The molecule has 0 bridgehead atoms. The van der Waals surface area contributed by atoms with Gasteiger partial charge in [-0.05, 0) is 25.8 Å². The van der Waals surface area contributed by atoms with Crippen molar-refractivity contribution in [1.82, 2.24) is 5.32 Å². The highest BCUT2D eigenvalue weighted by Crippen LogP contribution is 2.47. The van der Waals surface area contributed by atoms with Crippen molar-refractivity contribution in [2.75, 3.05) is 47.4 Å². The molecule has 0 heterocycles. The van der Waals surface area contributed by atoms with Gasteiger partial charge in [0.15, 0.2) is 10.8 Å². The molecule has 0 radical (unpaired) electrons. The summed E-state index contributed by atoms with van der Waals surface area (Å²) in [5.74, 6) is -1.61. The average molecular weight is 525 g/mol. The van der Waals surface area contributed by atoms with Crippen LogP contribution in [0.2, 0.25) is 0 Å². The standard InChI is InChI=1S/C25H52N2O7S/c1-6-7-8-9-10-11-12-13-14-15-18-26-21-25(35(32,33)34,22(23(30)31)27(3,4)5)24(2,16-19-28)17-20-29/h22,26,28-29H,6-21H2,1-5H3,(H-,30,31,32,33,34). The van der Waals surface area contributed by atoms with E-state index in [-0.39, 0.29) is 23.9 Å². The van der Waals surface area contributed by atoms with Crippen LogP contribution in [-0.2, 0) is 14.9 Å². The Labute approximate surface area is 213 Å². The van der Waals surface area contributed by atoms with Crippen LogP contribution in [-0.4, -0.2) is 91.9 Å². The number of unbranched alkanes of at least 4 members (excludes halogenated alkanes) is 9. The number of nitrogens with one attached hydrogen (secondary N) is 1. The van der Waals surface area contributed by atoms with Crippen molar-refractivity contribution in [2.24, 2.45) is 5.41 Å². The summed E-state index contributed by atoms with van der Waals surface area (Å²) in [6.07, 6.45) is 11.3. The number of aliphatic hydroxyl groups excluding tert-OH is 2. The molecule has 0 saturated heterocycles. The molecule has 0 aromatic carbocycles. The van der Waals surface area contributed by atoms with Crippen molar-refractivity contribution in [3.05, 3.63) is 0 Å². The van der Waals surface area contributed by atoms with E-state index in [1.54, 1.807) is 0 Å². The van der Waals surface area contributed by atoms with Gasteiger partial charge in [-0.15, -0.1) is 0 Å². The highest BCUT2D eigenvalue weighted by molar-refractivity contribution is 7.87. The minimum absolute atomic E-state index is 0.114. The lowest BCUT2D eigenvalue weighted by Gasteiger charge is -2.53. The molecule has 0 fully saturated rings. The van der Waals surface area contributed by atoms with Crippen LogP contribution in [0, 0.1) is 5.41 Å². The molecule has 0 aliphatic heterocycles. The van der Waals surface area contributed by atoms with Crippen LogP contribution in [0.15, 0.2) is 0 Å². The van der Waals surface area contributed by atoms with Crippen LogP contribution in [0.25, 0.3) is 0 Å². The topological polar surface area (TPSA) is 147 Å². The van der Waals surface area contributed by atoms with Gasteiger partial charge in [-0.25, -0.2) is 0 Å². The van der Waals surface area contributed by atoms with Crippen LogP contribution >= 0.6 is 0 Å². The molecule has 2 unspecified atom stereocenters. The summed E-state index contributed by atoms with van der Waals surface area (Å²) in [5.41, 5.74) is -1.44. The number of carboxylic acids is 1. The fourth-order valence-corrected chi connectivity index (χ4v) is 7.18. The summed E-state index contributed by atoms with van der Waals surface area (Å²) in [5, 5.41) is 34.9. The Balaban J connectivity index is 5.51. The van der Waals surface area contributed by atoms with Gasteiger partial charge in [-0.1, -0.05) is 71.6 Å². The maximum Gasteiger partial charge on any atom is 0.278 e. The van der Waals surface area contributed by atoms with Gasteiger partial charge in [-0.3, -0.25) is 4.55 Å². The van der Waals surface area contributed by atoms with E-state index in [2.05, 4.69) is 12.2 Å². The predicted molar refractivity (Wildman–Crippen MR) is 137 cm³/mol. The number of quaternary nitrogens is 1. The van der Waals surface area contributed by atoms with Crippen LogP contribution in [0.3, 0.4) is 0 Å². The van der Waals surface area contributed by atoms with Gasteiger partial charge >= 0.3 is 0 Å². The number of carboxylic acid groups (broad SMARTS) is 1. The van der Waals surface area contributed by atoms with Crippen molar-refractivity contribution in [1.29, 1.82) is 0 Å². The zero-order chi connectivity index (χ0) is 27.2. The third-order valence-corrected chi connectivity index (χ3v) is 9.12. The first-order valence-corrected chi connectivity index (χ1v) is 14.6. The Morgan fingerprint density at radius 3 is 1.69 bits per heavy atom. The molecule has 10 heteroatoms. The van der Waals surface area contributed by atoms with Crippen molar-refractivity contribution < 1.29 is 37.6 Å². The molecule has 0 aliphatic rings. The van der Waals surface area contributed by atoms with E-state index in [0.29, 0.717) is 6.54 Å². The van der Waals surface area contributed by atoms with Gasteiger partial charge in [0.2, 0.25) is 0 Å². The molecule has 35 heavy (non-hydrogen) atoms. The smallest absolute Gasteiger partial charge is 0.278 e. The van der Waals surface area contributed by atoms with Gasteiger partial charge in [-0.2, -0.15) is 8.42 Å². The zero-order valence-corrected chi connectivity index (χ0v) is 23.5. The summed E-state index contributed by atoms with van der Waals surface area (Å²) in [6.45, 7) is 2.97. The minimum Gasteiger partial charge on any atom is -0.544 e. The third kappa shape index (κ3) is 10.2. The largest absolute Gasteiger partial charge is 0.544 e. The van der Waals surface area contributed by atoms with Crippen molar-refractivity contribution in [2.45, 2.75) is 102 Å². The Morgan fingerprint density at radius 2 is 1.34 bits per heavy atom. The monoisotopic (exact) mass is 524 g/mol. The van der Waals surface area contributed by atoms with E-state index in [0.717, 1.165) is 25.7 Å². The van der Waals surface area contributed by atoms with Crippen molar-refractivity contribution in [3.8, 4) is 0 Å². The van der Waals surface area contributed by atoms with Crippen LogP contribution in [0.4, 0.5) is 0 Å². The highest BCUT2D eigenvalue weighted by atomic mass is 32.2. The van der Waals surface area contributed by atoms with E-state index < -0.39 is 45.5 Å². The van der Waals surface area contributed by atoms with E-state index in [4.69, 9.17) is 0 Å². The Kier molecular flexibility index (Phi) is 15.8. The fraction of sp³-hybridized carbons (Fsp3) is 0.960. The molecule has 210 valence electrons. The summed E-state index contributed by atoms with van der Waals surface area (Å²) in [6, 6.07) is -1.65. The Hall–Kier alpha value is -0.780. The summed E-state index contributed by atoms with van der Waals surface area (Å²) < 4.78 is 34.0. The molecule has 0 aromatic heterocycles. The third-order valence-electron chi connectivity index (χ3n) is 7.34. The Bertz CT molecular complexity index is 688. The van der Waals surface area contributed by atoms with Gasteiger partial charge in [0.25, 0.3) is 10.1 Å². The lowest BCUT2D eigenvalue weighted by atomic mass is 9.67. The predicted octanol–water partition coefficient (Wildman–Crippen LogP) is 1.72. The molecule has 0 rings (SSSR count). The molecule has 9 nitrogen and oxygen atoms in total. The quantitative estimate of drug-likeness (QED) is 0.0951. The van der Waals surface area contributed by atoms with E-state index in [1.165, 1.54) is 66.6 Å². The summed E-state index contributed by atoms with van der Waals surface area (Å²) >= 11 is 0. The number of rotatable bonds is 22. The molecule has 0 spiro atoms. The maximum absolute atomic E-state index is 13.0. The van der Waals surface area contributed by atoms with Gasteiger partial charge in [0, 0.05) is 25.2 Å². The number of carbonyl (C=O) groups is 1. The maximum atomic E-state index is 13.0. The molecular weight excluding hydrogens is 472 g/mol. The molecule has 0 aromatic rings. The Morgan fingerprint density at radius 1 is 0.914 bits per heavy atom. The lowest BCUT2D eigenvalue weighted by Crippen LogP contribution is -2.76. The molecule has 0 saturated carbocycles. The number of nitrogens with zero attached hydrogens (tertiary/aromatic N) is 1. The van der Waals surface area contributed by atoms with E-state index >= 15 is 0 Å². The average Bonchev–Trinajstić information content (AvgIpc) is 2.71. The second-order valence-corrected chi connectivity index (χ2v) is 12.7. The van der Waals surface area contributed by atoms with E-state index in [1.807, 2.05) is 0 Å². The van der Waals surface area contributed by atoms with Gasteiger partial charge < -0.3 is 29.9 Å². The second kappa shape index (κ2) is 16.1. The highest BCUT2D eigenvalue weighted by Gasteiger charge is 2.65.